The van der Waals surface area contributed by atoms with Crippen molar-refractivity contribution in [2.24, 2.45) is 0 Å². The summed E-state index contributed by atoms with van der Waals surface area (Å²) in [5.74, 6) is 0.271. The minimum Gasteiger partial charge on any atom is -0.369 e. The number of carbonyl (C=O) groups is 1. The summed E-state index contributed by atoms with van der Waals surface area (Å²) in [5, 5.41) is 0.663. The molecule has 156 valence electrons. The summed E-state index contributed by atoms with van der Waals surface area (Å²) in [4.78, 5) is 36.4. The number of carbonyl (C=O) groups excluding carboxylic acids is 1. The van der Waals surface area contributed by atoms with Crippen molar-refractivity contribution in [2.75, 3.05) is 44.7 Å². The van der Waals surface area contributed by atoms with E-state index < -0.39 is 0 Å². The summed E-state index contributed by atoms with van der Waals surface area (Å²) in [6, 6.07) is 6.06. The van der Waals surface area contributed by atoms with Gasteiger partial charge in [-0.3, -0.25) is 19.1 Å². The maximum absolute atomic E-state index is 12.7. The largest absolute Gasteiger partial charge is 0.369 e. The first kappa shape index (κ1) is 19.9. The van der Waals surface area contributed by atoms with Crippen LogP contribution in [-0.4, -0.2) is 71.1 Å². The Bertz CT molecular complexity index is 946. The third kappa shape index (κ3) is 3.88. The number of nitrogens with zero attached hydrogens (tertiary/aromatic N) is 5. The summed E-state index contributed by atoms with van der Waals surface area (Å²) in [7, 11) is 1.92. The third-order valence-corrected chi connectivity index (χ3v) is 6.33. The van der Waals surface area contributed by atoms with Crippen molar-refractivity contribution in [2.45, 2.75) is 45.2 Å². The van der Waals surface area contributed by atoms with E-state index in [4.69, 9.17) is 0 Å². The van der Waals surface area contributed by atoms with Gasteiger partial charge in [0.25, 0.3) is 5.56 Å². The Hall–Kier alpha value is -2.41. The Labute approximate surface area is 171 Å². The van der Waals surface area contributed by atoms with E-state index in [1.807, 2.05) is 44.0 Å². The van der Waals surface area contributed by atoms with Crippen molar-refractivity contribution in [3.63, 3.8) is 0 Å². The molecular weight excluding hydrogens is 366 g/mol. The van der Waals surface area contributed by atoms with Crippen LogP contribution in [0, 0.1) is 0 Å². The molecule has 1 amide bonds. The Balaban J connectivity index is 1.48. The van der Waals surface area contributed by atoms with Crippen molar-refractivity contribution in [3.05, 3.63) is 34.9 Å². The van der Waals surface area contributed by atoms with Gasteiger partial charge in [0.2, 0.25) is 5.91 Å². The van der Waals surface area contributed by atoms with Gasteiger partial charge in [-0.1, -0.05) is 0 Å². The number of likely N-dealkylation sites (tertiary alicyclic amines) is 1. The van der Waals surface area contributed by atoms with E-state index in [-0.39, 0.29) is 23.6 Å². The van der Waals surface area contributed by atoms with E-state index in [0.29, 0.717) is 5.39 Å². The van der Waals surface area contributed by atoms with Gasteiger partial charge in [-0.2, -0.15) is 0 Å². The highest BCUT2D eigenvalue weighted by Gasteiger charge is 2.32. The number of fused-ring (bicyclic) bond motifs is 1. The second kappa shape index (κ2) is 8.14. The molecule has 0 aliphatic carbocycles. The number of rotatable bonds is 3. The van der Waals surface area contributed by atoms with E-state index >= 15 is 0 Å². The molecule has 2 saturated heterocycles. The molecule has 2 aliphatic rings. The van der Waals surface area contributed by atoms with Crippen LogP contribution in [-0.2, 0) is 4.79 Å². The lowest BCUT2D eigenvalue weighted by Crippen LogP contribution is -2.54. The monoisotopic (exact) mass is 397 g/mol. The molecule has 7 heteroatoms. The number of piperazine rings is 1. The summed E-state index contributed by atoms with van der Waals surface area (Å²) in [5.41, 5.74) is 1.85. The highest BCUT2D eigenvalue weighted by molar-refractivity contribution is 5.82. The molecule has 7 nitrogen and oxygen atoms in total. The minimum absolute atomic E-state index is 0.0114. The predicted octanol–water partition coefficient (Wildman–Crippen LogP) is 2.11. The molecule has 1 atom stereocenters. The lowest BCUT2D eigenvalue weighted by molar-refractivity contribution is -0.135. The molecule has 0 radical (unpaired) electrons. The van der Waals surface area contributed by atoms with Crippen LogP contribution >= 0.6 is 0 Å². The van der Waals surface area contributed by atoms with Crippen molar-refractivity contribution >= 4 is 22.5 Å². The number of hydrogen-bond acceptors (Lipinski definition) is 5. The van der Waals surface area contributed by atoms with Crippen molar-refractivity contribution in [1.82, 2.24) is 19.4 Å². The lowest BCUT2D eigenvalue weighted by atomic mass is 10.1. The number of hydrogen-bond donors (Lipinski definition) is 0. The molecule has 0 spiro atoms. The summed E-state index contributed by atoms with van der Waals surface area (Å²) >= 11 is 0. The second-order valence-corrected chi connectivity index (χ2v) is 8.55. The molecular formula is C22H31N5O2. The first-order chi connectivity index (χ1) is 14.0. The number of aromatic nitrogens is 2. The fourth-order valence-electron chi connectivity index (χ4n) is 4.49. The van der Waals surface area contributed by atoms with Gasteiger partial charge in [0, 0.05) is 51.5 Å². The molecule has 0 bridgehead atoms. The smallest absolute Gasteiger partial charge is 0.261 e. The highest BCUT2D eigenvalue weighted by atomic mass is 16.2. The Kier molecular flexibility index (Phi) is 5.58. The number of anilines is 1. The summed E-state index contributed by atoms with van der Waals surface area (Å²) in [6.45, 7) is 8.36. The molecule has 1 unspecified atom stereocenters. The van der Waals surface area contributed by atoms with Crippen molar-refractivity contribution in [1.29, 1.82) is 0 Å². The first-order valence-electron chi connectivity index (χ1n) is 10.7. The van der Waals surface area contributed by atoms with Crippen LogP contribution in [0.3, 0.4) is 0 Å². The van der Waals surface area contributed by atoms with E-state index in [1.54, 1.807) is 10.9 Å². The standard InChI is InChI=1S/C22H31N5O2/c1-16(2)27-15-23-19-14-17(7-8-18(19)21(27)28)25-10-12-26(13-11-25)20-6-4-5-9-24(3)22(20)29/h7-8,14-16,20H,4-6,9-13H2,1-3H3. The van der Waals surface area contributed by atoms with Crippen LogP contribution in [0.15, 0.2) is 29.3 Å². The van der Waals surface area contributed by atoms with Crippen molar-refractivity contribution < 1.29 is 4.79 Å². The zero-order valence-corrected chi connectivity index (χ0v) is 17.7. The van der Waals surface area contributed by atoms with E-state index in [1.165, 1.54) is 0 Å². The van der Waals surface area contributed by atoms with Gasteiger partial charge in [0.05, 0.1) is 23.3 Å². The Morgan fingerprint density at radius 2 is 1.79 bits per heavy atom. The van der Waals surface area contributed by atoms with Crippen LogP contribution in [0.4, 0.5) is 5.69 Å². The van der Waals surface area contributed by atoms with Gasteiger partial charge in [0.1, 0.15) is 0 Å². The highest BCUT2D eigenvalue weighted by Crippen LogP contribution is 2.23. The molecule has 4 rings (SSSR count). The quantitative estimate of drug-likeness (QED) is 0.794. The van der Waals surface area contributed by atoms with E-state index in [2.05, 4.69) is 14.8 Å². The van der Waals surface area contributed by atoms with Gasteiger partial charge in [0.15, 0.2) is 0 Å². The molecule has 2 aromatic rings. The Morgan fingerprint density at radius 3 is 2.52 bits per heavy atom. The zero-order chi connectivity index (χ0) is 20.5. The van der Waals surface area contributed by atoms with Crippen LogP contribution in [0.5, 0.6) is 0 Å². The molecule has 29 heavy (non-hydrogen) atoms. The normalized spacial score (nSPS) is 21.8. The zero-order valence-electron chi connectivity index (χ0n) is 17.7. The fraction of sp³-hybridized carbons (Fsp3) is 0.591. The van der Waals surface area contributed by atoms with E-state index in [9.17, 15) is 9.59 Å². The predicted molar refractivity (Wildman–Crippen MR) is 115 cm³/mol. The van der Waals surface area contributed by atoms with Gasteiger partial charge in [-0.05, 0) is 51.3 Å². The lowest BCUT2D eigenvalue weighted by Gasteiger charge is -2.40. The van der Waals surface area contributed by atoms with Gasteiger partial charge < -0.3 is 9.80 Å². The third-order valence-electron chi connectivity index (χ3n) is 6.33. The van der Waals surface area contributed by atoms with Gasteiger partial charge >= 0.3 is 0 Å². The number of likely N-dealkylation sites (N-methyl/N-ethyl adjacent to an activating group) is 1. The SMILES string of the molecule is CC(C)n1cnc2cc(N3CCN(C4CCCCN(C)C4=O)CC3)ccc2c1=O. The molecule has 2 aliphatic heterocycles. The van der Waals surface area contributed by atoms with E-state index in [0.717, 1.165) is 63.2 Å². The van der Waals surface area contributed by atoms with Crippen LogP contribution in [0.2, 0.25) is 0 Å². The van der Waals surface area contributed by atoms with Gasteiger partial charge in [-0.15, -0.1) is 0 Å². The molecule has 3 heterocycles. The number of benzene rings is 1. The van der Waals surface area contributed by atoms with Crippen LogP contribution in [0.25, 0.3) is 10.9 Å². The molecule has 2 fully saturated rings. The number of amides is 1. The average molecular weight is 398 g/mol. The molecule has 1 aromatic carbocycles. The first-order valence-corrected chi connectivity index (χ1v) is 10.7. The van der Waals surface area contributed by atoms with Crippen molar-refractivity contribution in [3.8, 4) is 0 Å². The minimum atomic E-state index is 0.0114. The van der Waals surface area contributed by atoms with Crippen LogP contribution < -0.4 is 10.5 Å². The molecule has 0 saturated carbocycles. The Morgan fingerprint density at radius 1 is 1.03 bits per heavy atom. The fourth-order valence-corrected chi connectivity index (χ4v) is 4.49. The second-order valence-electron chi connectivity index (χ2n) is 8.55. The maximum atomic E-state index is 12.7. The average Bonchev–Trinajstić information content (AvgIpc) is 2.89. The molecule has 0 N–H and O–H groups in total. The summed E-state index contributed by atoms with van der Waals surface area (Å²) in [6.07, 6.45) is 4.82. The maximum Gasteiger partial charge on any atom is 0.261 e. The summed E-state index contributed by atoms with van der Waals surface area (Å²) < 4.78 is 1.67. The topological polar surface area (TPSA) is 61.7 Å². The van der Waals surface area contributed by atoms with Gasteiger partial charge in [-0.25, -0.2) is 4.98 Å². The van der Waals surface area contributed by atoms with Crippen LogP contribution in [0.1, 0.15) is 39.2 Å². The molecule has 1 aromatic heterocycles.